The molecule has 9 heteroatoms. The third-order valence-electron chi connectivity index (χ3n) is 5.08. The smallest absolute Gasteiger partial charge is 0.243 e. The SMILES string of the molecule is Cc1ccc(CN(CC(=O)Nc2ccc3c(c2)OCCO3)S(=O)(=O)c2ccc(Br)cc2)cc1. The first kappa shape index (κ1) is 23.3. The second kappa shape index (κ2) is 9.94. The van der Waals surface area contributed by atoms with Crippen LogP contribution < -0.4 is 14.8 Å². The number of sulfonamides is 1. The van der Waals surface area contributed by atoms with Crippen LogP contribution in [0.1, 0.15) is 11.1 Å². The van der Waals surface area contributed by atoms with Crippen LogP contribution in [0.25, 0.3) is 0 Å². The van der Waals surface area contributed by atoms with E-state index in [1.165, 1.54) is 16.4 Å². The standard InChI is InChI=1S/C24H23BrN2O5S/c1-17-2-4-18(5-3-17)15-27(33(29,30)21-9-6-19(25)7-10-21)16-24(28)26-20-8-11-22-23(14-20)32-13-12-31-22/h2-11,14H,12-13,15-16H2,1H3,(H,26,28). The number of hydrogen-bond acceptors (Lipinski definition) is 5. The number of anilines is 1. The third-order valence-corrected chi connectivity index (χ3v) is 7.41. The summed E-state index contributed by atoms with van der Waals surface area (Å²) in [6, 6.07) is 19.0. The van der Waals surface area contributed by atoms with Crippen molar-refractivity contribution in [3.63, 3.8) is 0 Å². The van der Waals surface area contributed by atoms with E-state index < -0.39 is 15.9 Å². The summed E-state index contributed by atoms with van der Waals surface area (Å²) >= 11 is 3.32. The topological polar surface area (TPSA) is 84.9 Å². The summed E-state index contributed by atoms with van der Waals surface area (Å²) in [6.45, 7) is 2.58. The van der Waals surface area contributed by atoms with Crippen molar-refractivity contribution in [3.05, 3.63) is 82.3 Å². The minimum Gasteiger partial charge on any atom is -0.486 e. The number of nitrogens with zero attached hydrogens (tertiary/aromatic N) is 1. The van der Waals surface area contributed by atoms with Crippen molar-refractivity contribution >= 4 is 37.5 Å². The fourth-order valence-corrected chi connectivity index (χ4v) is 5.01. The summed E-state index contributed by atoms with van der Waals surface area (Å²) in [5, 5.41) is 2.76. The zero-order valence-electron chi connectivity index (χ0n) is 18.0. The molecule has 0 spiro atoms. The van der Waals surface area contributed by atoms with Gasteiger partial charge < -0.3 is 14.8 Å². The Hall–Kier alpha value is -2.88. The zero-order chi connectivity index (χ0) is 23.4. The number of fused-ring (bicyclic) bond motifs is 1. The van der Waals surface area contributed by atoms with Gasteiger partial charge in [0.1, 0.15) is 13.2 Å². The summed E-state index contributed by atoms with van der Waals surface area (Å²) in [6.07, 6.45) is 0. The van der Waals surface area contributed by atoms with E-state index in [-0.39, 0.29) is 18.0 Å². The van der Waals surface area contributed by atoms with E-state index in [1.54, 1.807) is 30.3 Å². The minimum absolute atomic E-state index is 0.0627. The van der Waals surface area contributed by atoms with Crippen LogP contribution in [0.4, 0.5) is 5.69 Å². The van der Waals surface area contributed by atoms with Crippen LogP contribution in [0, 0.1) is 6.92 Å². The van der Waals surface area contributed by atoms with E-state index >= 15 is 0 Å². The molecule has 3 aromatic rings. The van der Waals surface area contributed by atoms with Crippen LogP contribution in [0.2, 0.25) is 0 Å². The van der Waals surface area contributed by atoms with Crippen molar-refractivity contribution in [3.8, 4) is 11.5 Å². The Bertz CT molecular complexity index is 1240. The quantitative estimate of drug-likeness (QED) is 0.490. The number of ether oxygens (including phenoxy) is 2. The van der Waals surface area contributed by atoms with Gasteiger partial charge in [0.05, 0.1) is 11.4 Å². The third kappa shape index (κ3) is 5.73. The molecule has 0 fully saturated rings. The summed E-state index contributed by atoms with van der Waals surface area (Å²) in [4.78, 5) is 13.0. The average molecular weight is 531 g/mol. The van der Waals surface area contributed by atoms with Crippen molar-refractivity contribution < 1.29 is 22.7 Å². The van der Waals surface area contributed by atoms with Gasteiger partial charge in [-0.2, -0.15) is 4.31 Å². The summed E-state index contributed by atoms with van der Waals surface area (Å²) in [5.74, 6) is 0.690. The lowest BCUT2D eigenvalue weighted by Gasteiger charge is -2.23. The molecule has 0 saturated heterocycles. The van der Waals surface area contributed by atoms with Crippen LogP contribution in [-0.4, -0.2) is 38.4 Å². The lowest BCUT2D eigenvalue weighted by Crippen LogP contribution is -2.37. The molecule has 0 radical (unpaired) electrons. The number of halogens is 1. The second-order valence-corrected chi connectivity index (χ2v) is 10.5. The first-order valence-corrected chi connectivity index (χ1v) is 12.6. The normalized spacial score (nSPS) is 13.1. The number of carbonyl (C=O) groups is 1. The lowest BCUT2D eigenvalue weighted by molar-refractivity contribution is -0.116. The molecule has 1 aliphatic rings. The van der Waals surface area contributed by atoms with E-state index in [0.29, 0.717) is 30.4 Å². The lowest BCUT2D eigenvalue weighted by atomic mass is 10.1. The number of aryl methyl sites for hydroxylation is 1. The average Bonchev–Trinajstić information content (AvgIpc) is 2.80. The van der Waals surface area contributed by atoms with Gasteiger partial charge in [-0.25, -0.2) is 8.42 Å². The Kier molecular flexibility index (Phi) is 7.02. The molecule has 1 amide bonds. The fraction of sp³-hybridized carbons (Fsp3) is 0.208. The van der Waals surface area contributed by atoms with Crippen LogP contribution in [0.15, 0.2) is 76.1 Å². The maximum atomic E-state index is 13.4. The van der Waals surface area contributed by atoms with Crippen LogP contribution in [0.5, 0.6) is 11.5 Å². The van der Waals surface area contributed by atoms with Gasteiger partial charge in [-0.3, -0.25) is 4.79 Å². The van der Waals surface area contributed by atoms with Crippen LogP contribution in [-0.2, 0) is 21.4 Å². The highest BCUT2D eigenvalue weighted by Gasteiger charge is 2.27. The van der Waals surface area contributed by atoms with Crippen molar-refractivity contribution in [2.45, 2.75) is 18.4 Å². The van der Waals surface area contributed by atoms with Crippen molar-refractivity contribution in [2.24, 2.45) is 0 Å². The molecule has 1 aliphatic heterocycles. The first-order valence-electron chi connectivity index (χ1n) is 10.3. The predicted octanol–water partition coefficient (Wildman–Crippen LogP) is 4.36. The zero-order valence-corrected chi connectivity index (χ0v) is 20.4. The highest BCUT2D eigenvalue weighted by Crippen LogP contribution is 2.32. The highest BCUT2D eigenvalue weighted by molar-refractivity contribution is 9.10. The summed E-state index contributed by atoms with van der Waals surface area (Å²) < 4.78 is 39.8. The molecule has 0 atom stereocenters. The number of hydrogen-bond donors (Lipinski definition) is 1. The molecule has 0 aromatic heterocycles. The molecule has 7 nitrogen and oxygen atoms in total. The van der Waals surface area contributed by atoms with Gasteiger partial charge >= 0.3 is 0 Å². The number of rotatable bonds is 7. The molecule has 4 rings (SSSR count). The fourth-order valence-electron chi connectivity index (χ4n) is 3.36. The van der Waals surface area contributed by atoms with Gasteiger partial charge in [-0.1, -0.05) is 45.8 Å². The number of benzene rings is 3. The highest BCUT2D eigenvalue weighted by atomic mass is 79.9. The molecule has 1 N–H and O–H groups in total. The Morgan fingerprint density at radius 2 is 1.64 bits per heavy atom. The summed E-state index contributed by atoms with van der Waals surface area (Å²) in [7, 11) is -3.92. The first-order chi connectivity index (χ1) is 15.8. The monoisotopic (exact) mass is 530 g/mol. The predicted molar refractivity (Wildman–Crippen MR) is 129 cm³/mol. The van der Waals surface area contributed by atoms with E-state index in [4.69, 9.17) is 9.47 Å². The van der Waals surface area contributed by atoms with Gasteiger partial charge in [0.15, 0.2) is 11.5 Å². The van der Waals surface area contributed by atoms with Crippen LogP contribution >= 0.6 is 15.9 Å². The number of nitrogens with one attached hydrogen (secondary N) is 1. The molecular formula is C24H23BrN2O5S. The maximum absolute atomic E-state index is 13.4. The molecular weight excluding hydrogens is 508 g/mol. The molecule has 0 saturated carbocycles. The Morgan fingerprint density at radius 1 is 0.970 bits per heavy atom. The van der Waals surface area contributed by atoms with E-state index in [9.17, 15) is 13.2 Å². The molecule has 0 aliphatic carbocycles. The Labute approximate surface area is 201 Å². The van der Waals surface area contributed by atoms with Crippen molar-refractivity contribution in [1.29, 1.82) is 0 Å². The number of carbonyl (C=O) groups excluding carboxylic acids is 1. The minimum atomic E-state index is -3.92. The van der Waals surface area contributed by atoms with Gasteiger partial charge in [0.2, 0.25) is 15.9 Å². The van der Waals surface area contributed by atoms with Crippen LogP contribution in [0.3, 0.4) is 0 Å². The summed E-state index contributed by atoms with van der Waals surface area (Å²) in [5.41, 5.74) is 2.35. The number of amides is 1. The van der Waals surface area contributed by atoms with Gasteiger partial charge in [0.25, 0.3) is 0 Å². The second-order valence-electron chi connectivity index (χ2n) is 7.62. The molecule has 33 heavy (non-hydrogen) atoms. The Balaban J connectivity index is 1.56. The Morgan fingerprint density at radius 3 is 2.33 bits per heavy atom. The maximum Gasteiger partial charge on any atom is 0.243 e. The molecule has 0 bridgehead atoms. The van der Waals surface area contributed by atoms with Gasteiger partial charge in [0, 0.05) is 22.8 Å². The molecule has 172 valence electrons. The van der Waals surface area contributed by atoms with E-state index in [0.717, 1.165) is 15.6 Å². The molecule has 3 aromatic carbocycles. The van der Waals surface area contributed by atoms with Crippen molar-refractivity contribution in [1.82, 2.24) is 4.31 Å². The van der Waals surface area contributed by atoms with E-state index in [2.05, 4.69) is 21.2 Å². The van der Waals surface area contributed by atoms with E-state index in [1.807, 2.05) is 31.2 Å². The largest absolute Gasteiger partial charge is 0.486 e. The van der Waals surface area contributed by atoms with Gasteiger partial charge in [-0.15, -0.1) is 0 Å². The van der Waals surface area contributed by atoms with Gasteiger partial charge in [-0.05, 0) is 48.9 Å². The molecule has 1 heterocycles. The molecule has 0 unspecified atom stereocenters. The van der Waals surface area contributed by atoms with Crippen molar-refractivity contribution in [2.75, 3.05) is 25.1 Å².